The Balaban J connectivity index is 3.10. The first-order valence-corrected chi connectivity index (χ1v) is 6.78. The van der Waals surface area contributed by atoms with Gasteiger partial charge in [-0.3, -0.25) is 4.72 Å². The lowest BCUT2D eigenvalue weighted by Gasteiger charge is -2.12. The number of anilines is 1. The summed E-state index contributed by atoms with van der Waals surface area (Å²) < 4.78 is 62.2. The van der Waals surface area contributed by atoms with Gasteiger partial charge in [0.2, 0.25) is 10.0 Å². The predicted octanol–water partition coefficient (Wildman–Crippen LogP) is 3.01. The van der Waals surface area contributed by atoms with Gasteiger partial charge in [0.05, 0.1) is 22.3 Å². The minimum Gasteiger partial charge on any atom is -0.281 e. The number of hydrogen-bond acceptors (Lipinski definition) is 3. The summed E-state index contributed by atoms with van der Waals surface area (Å²) in [6, 6.07) is 3.71. The molecule has 0 radical (unpaired) electrons. The molecule has 9 heteroatoms. The maximum absolute atomic E-state index is 12.4. The molecule has 1 aromatic rings. The average Bonchev–Trinajstić information content (AvgIpc) is 2.29. The maximum atomic E-state index is 12.4. The van der Waals surface area contributed by atoms with Gasteiger partial charge in [-0.05, 0) is 25.1 Å². The molecule has 0 bridgehead atoms. The minimum absolute atomic E-state index is 0.211. The van der Waals surface area contributed by atoms with E-state index in [9.17, 15) is 21.6 Å². The van der Waals surface area contributed by atoms with Gasteiger partial charge in [-0.15, -0.1) is 0 Å². The second-order valence-corrected chi connectivity index (χ2v) is 6.02. The summed E-state index contributed by atoms with van der Waals surface area (Å²) >= 11 is 5.58. The van der Waals surface area contributed by atoms with E-state index in [2.05, 4.69) is 0 Å². The van der Waals surface area contributed by atoms with E-state index >= 15 is 0 Å². The van der Waals surface area contributed by atoms with Crippen molar-refractivity contribution in [3.63, 3.8) is 0 Å². The second kappa shape index (κ2) is 5.27. The fourth-order valence-electron chi connectivity index (χ4n) is 1.09. The molecule has 0 aliphatic heterocycles. The Bertz CT molecular complexity index is 623. The summed E-state index contributed by atoms with van der Waals surface area (Å²) in [7, 11) is -4.01. The topological polar surface area (TPSA) is 70.0 Å². The van der Waals surface area contributed by atoms with Crippen LogP contribution in [0.3, 0.4) is 0 Å². The summed E-state index contributed by atoms with van der Waals surface area (Å²) in [5.74, 6) is 0. The summed E-state index contributed by atoms with van der Waals surface area (Å²) in [5, 5.41) is 6.76. The van der Waals surface area contributed by atoms with Crippen LogP contribution in [0.5, 0.6) is 0 Å². The van der Waals surface area contributed by atoms with Crippen LogP contribution >= 0.6 is 11.6 Å². The van der Waals surface area contributed by atoms with Gasteiger partial charge < -0.3 is 0 Å². The molecule has 0 aliphatic rings. The minimum atomic E-state index is -4.57. The summed E-state index contributed by atoms with van der Waals surface area (Å²) in [6.45, 7) is 1.14. The van der Waals surface area contributed by atoms with Crippen LogP contribution in [0.25, 0.3) is 0 Å². The Morgan fingerprint density at radius 2 is 2.00 bits per heavy atom. The Morgan fingerprint density at radius 1 is 1.42 bits per heavy atom. The largest absolute Gasteiger partial charge is 0.416 e. The van der Waals surface area contributed by atoms with E-state index in [4.69, 9.17) is 16.9 Å². The highest BCUT2D eigenvalue weighted by Crippen LogP contribution is 2.34. The molecule has 1 aromatic carbocycles. The highest BCUT2D eigenvalue weighted by molar-refractivity contribution is 7.93. The first kappa shape index (κ1) is 15.6. The molecule has 1 unspecified atom stereocenters. The van der Waals surface area contributed by atoms with E-state index in [-0.39, 0.29) is 5.69 Å². The van der Waals surface area contributed by atoms with E-state index in [1.807, 2.05) is 4.72 Å². The third kappa shape index (κ3) is 3.75. The van der Waals surface area contributed by atoms with Crippen molar-refractivity contribution >= 4 is 27.3 Å². The summed E-state index contributed by atoms with van der Waals surface area (Å²) in [6.07, 6.45) is -4.57. The Labute approximate surface area is 112 Å². The number of alkyl halides is 3. The zero-order chi connectivity index (χ0) is 14.8. The number of nitrogens with zero attached hydrogens (tertiary/aromatic N) is 1. The molecular weight excluding hydrogens is 305 g/mol. The molecule has 0 heterocycles. The molecule has 0 fully saturated rings. The van der Waals surface area contributed by atoms with Crippen LogP contribution in [-0.4, -0.2) is 13.7 Å². The van der Waals surface area contributed by atoms with Gasteiger partial charge in [-0.25, -0.2) is 8.42 Å². The molecule has 0 amide bonds. The van der Waals surface area contributed by atoms with Gasteiger partial charge in [0.25, 0.3) is 0 Å². The Kier molecular flexibility index (Phi) is 4.32. The average molecular weight is 313 g/mol. The third-order valence-corrected chi connectivity index (χ3v) is 4.05. The van der Waals surface area contributed by atoms with Gasteiger partial charge >= 0.3 is 6.18 Å². The lowest BCUT2D eigenvalue weighted by molar-refractivity contribution is -0.137. The number of rotatable bonds is 3. The number of halogens is 4. The van der Waals surface area contributed by atoms with Crippen LogP contribution < -0.4 is 4.72 Å². The maximum Gasteiger partial charge on any atom is 0.416 e. The van der Waals surface area contributed by atoms with E-state index in [0.717, 1.165) is 13.0 Å². The Hall–Kier alpha value is -1.46. The predicted molar refractivity (Wildman–Crippen MR) is 64.1 cm³/mol. The molecule has 104 valence electrons. The quantitative estimate of drug-likeness (QED) is 0.932. The number of nitriles is 1. The molecule has 4 nitrogen and oxygen atoms in total. The van der Waals surface area contributed by atoms with Gasteiger partial charge in [-0.2, -0.15) is 18.4 Å². The van der Waals surface area contributed by atoms with Crippen molar-refractivity contribution in [2.45, 2.75) is 18.3 Å². The number of nitrogens with one attached hydrogen (secondary N) is 1. The van der Waals surface area contributed by atoms with Crippen molar-refractivity contribution in [3.05, 3.63) is 28.8 Å². The fourth-order valence-corrected chi connectivity index (χ4v) is 2.17. The molecule has 0 saturated heterocycles. The zero-order valence-corrected chi connectivity index (χ0v) is 11.1. The smallest absolute Gasteiger partial charge is 0.281 e. The van der Waals surface area contributed by atoms with Gasteiger partial charge in [-0.1, -0.05) is 11.6 Å². The Morgan fingerprint density at radius 3 is 2.42 bits per heavy atom. The van der Waals surface area contributed by atoms with Crippen molar-refractivity contribution < 1.29 is 21.6 Å². The van der Waals surface area contributed by atoms with E-state index in [1.54, 1.807) is 0 Å². The van der Waals surface area contributed by atoms with Gasteiger partial charge in [0.1, 0.15) is 0 Å². The summed E-state index contributed by atoms with van der Waals surface area (Å²) in [4.78, 5) is 0. The molecule has 19 heavy (non-hydrogen) atoms. The number of benzene rings is 1. The SMILES string of the molecule is CC(C#N)S(=O)(=O)Nc1ccc(C(F)(F)F)cc1Cl. The highest BCUT2D eigenvalue weighted by Gasteiger charge is 2.31. The highest BCUT2D eigenvalue weighted by atomic mass is 35.5. The molecule has 0 aliphatic carbocycles. The van der Waals surface area contributed by atoms with Crippen LogP contribution in [0.2, 0.25) is 5.02 Å². The second-order valence-electron chi connectivity index (χ2n) is 3.61. The van der Waals surface area contributed by atoms with Gasteiger partial charge in [0, 0.05) is 0 Å². The lowest BCUT2D eigenvalue weighted by Crippen LogP contribution is -2.24. The van der Waals surface area contributed by atoms with Crippen molar-refractivity contribution in [1.29, 1.82) is 5.26 Å². The number of hydrogen-bond donors (Lipinski definition) is 1. The monoisotopic (exact) mass is 312 g/mol. The normalized spacial score (nSPS) is 13.7. The fraction of sp³-hybridized carbons (Fsp3) is 0.300. The van der Waals surface area contributed by atoms with Crippen LogP contribution in [0, 0.1) is 11.3 Å². The van der Waals surface area contributed by atoms with E-state index in [0.29, 0.717) is 12.1 Å². The zero-order valence-electron chi connectivity index (χ0n) is 9.49. The lowest BCUT2D eigenvalue weighted by atomic mass is 10.2. The molecular formula is C10H8ClF3N2O2S. The molecule has 1 N–H and O–H groups in total. The first-order chi connectivity index (χ1) is 8.58. The first-order valence-electron chi connectivity index (χ1n) is 4.86. The van der Waals surface area contributed by atoms with Gasteiger partial charge in [0.15, 0.2) is 5.25 Å². The molecule has 0 aromatic heterocycles. The van der Waals surface area contributed by atoms with Crippen LogP contribution in [-0.2, 0) is 16.2 Å². The molecule has 0 spiro atoms. The van der Waals surface area contributed by atoms with Crippen LogP contribution in [0.4, 0.5) is 18.9 Å². The van der Waals surface area contributed by atoms with Crippen LogP contribution in [0.1, 0.15) is 12.5 Å². The van der Waals surface area contributed by atoms with Crippen molar-refractivity contribution in [1.82, 2.24) is 0 Å². The van der Waals surface area contributed by atoms with Crippen LogP contribution in [0.15, 0.2) is 18.2 Å². The number of sulfonamides is 1. The molecule has 1 atom stereocenters. The summed E-state index contributed by atoms with van der Waals surface area (Å²) in [5.41, 5.74) is -1.20. The third-order valence-electron chi connectivity index (χ3n) is 2.20. The van der Waals surface area contributed by atoms with Crippen molar-refractivity contribution in [2.24, 2.45) is 0 Å². The molecule has 1 rings (SSSR count). The van der Waals surface area contributed by atoms with Crippen molar-refractivity contribution in [3.8, 4) is 6.07 Å². The standard InChI is InChI=1S/C10H8ClF3N2O2S/c1-6(5-15)19(17,18)16-9-3-2-7(4-8(9)11)10(12,13)14/h2-4,6,16H,1H3. The van der Waals surface area contributed by atoms with E-state index < -0.39 is 32.0 Å². The van der Waals surface area contributed by atoms with Crippen molar-refractivity contribution in [2.75, 3.05) is 4.72 Å². The van der Waals surface area contributed by atoms with E-state index in [1.165, 1.54) is 6.07 Å². The molecule has 0 saturated carbocycles.